The predicted octanol–water partition coefficient (Wildman–Crippen LogP) is 2.49. The summed E-state index contributed by atoms with van der Waals surface area (Å²) in [6.45, 7) is 3.46. The lowest BCUT2D eigenvalue weighted by molar-refractivity contribution is -0.134. The predicted molar refractivity (Wildman–Crippen MR) is 108 cm³/mol. The van der Waals surface area contributed by atoms with Crippen molar-refractivity contribution in [1.29, 1.82) is 0 Å². The average molecular weight is 376 g/mol. The van der Waals surface area contributed by atoms with Crippen molar-refractivity contribution in [2.24, 2.45) is 0 Å². The van der Waals surface area contributed by atoms with Crippen molar-refractivity contribution in [2.45, 2.75) is 6.54 Å². The highest BCUT2D eigenvalue weighted by molar-refractivity contribution is 5.78. The van der Waals surface area contributed by atoms with Gasteiger partial charge in [-0.3, -0.25) is 4.79 Å². The van der Waals surface area contributed by atoms with E-state index in [1.165, 1.54) is 0 Å². The lowest BCUT2D eigenvalue weighted by Gasteiger charge is -2.26. The number of rotatable bonds is 6. The summed E-state index contributed by atoms with van der Waals surface area (Å²) in [4.78, 5) is 14.2. The summed E-state index contributed by atoms with van der Waals surface area (Å²) in [5.41, 5.74) is 4.06. The molecule has 1 fully saturated rings. The minimum Gasteiger partial charge on any atom is -0.378 e. The molecule has 1 aliphatic rings. The summed E-state index contributed by atoms with van der Waals surface area (Å²) in [5, 5.41) is 8.09. The van der Waals surface area contributed by atoms with E-state index < -0.39 is 0 Å². The largest absolute Gasteiger partial charge is 0.378 e. The number of benzene rings is 2. The summed E-state index contributed by atoms with van der Waals surface area (Å²) < 4.78 is 7.20. The van der Waals surface area contributed by atoms with Crippen LogP contribution >= 0.6 is 0 Å². The van der Waals surface area contributed by atoms with Crippen molar-refractivity contribution >= 4 is 5.91 Å². The molecular weight excluding hydrogens is 352 g/mol. The highest BCUT2D eigenvalue weighted by Crippen LogP contribution is 2.23. The van der Waals surface area contributed by atoms with Crippen LogP contribution in [0.1, 0.15) is 5.56 Å². The van der Waals surface area contributed by atoms with Crippen LogP contribution in [0.2, 0.25) is 0 Å². The van der Waals surface area contributed by atoms with Gasteiger partial charge in [0.15, 0.2) is 0 Å². The fraction of sp³-hybridized carbons (Fsp3) is 0.273. The average Bonchev–Trinajstić information content (AvgIpc) is 3.20. The Kier molecular flexibility index (Phi) is 5.80. The number of hydrogen-bond acceptors (Lipinski definition) is 4. The van der Waals surface area contributed by atoms with Gasteiger partial charge in [-0.05, 0) is 12.1 Å². The number of amides is 1. The Bertz CT molecular complexity index is 903. The van der Waals surface area contributed by atoms with E-state index in [2.05, 4.69) is 17.4 Å². The van der Waals surface area contributed by atoms with Crippen LogP contribution in [0, 0.1) is 0 Å². The fourth-order valence-corrected chi connectivity index (χ4v) is 3.32. The molecule has 0 aliphatic carbocycles. The van der Waals surface area contributed by atoms with Gasteiger partial charge in [-0.15, -0.1) is 0 Å². The quantitative estimate of drug-likeness (QED) is 0.718. The third-order valence-corrected chi connectivity index (χ3v) is 4.81. The topological polar surface area (TPSA) is 59.4 Å². The van der Waals surface area contributed by atoms with Gasteiger partial charge in [0.05, 0.1) is 31.1 Å². The third-order valence-electron chi connectivity index (χ3n) is 4.81. The van der Waals surface area contributed by atoms with E-state index in [-0.39, 0.29) is 5.91 Å². The first-order valence-corrected chi connectivity index (χ1v) is 9.57. The van der Waals surface area contributed by atoms with E-state index in [1.54, 1.807) is 0 Å². The molecule has 0 unspecified atom stereocenters. The van der Waals surface area contributed by atoms with E-state index in [4.69, 9.17) is 9.84 Å². The monoisotopic (exact) mass is 376 g/mol. The van der Waals surface area contributed by atoms with Gasteiger partial charge in [-0.25, -0.2) is 4.68 Å². The molecule has 3 aromatic rings. The van der Waals surface area contributed by atoms with Gasteiger partial charge in [0.1, 0.15) is 0 Å². The molecule has 28 heavy (non-hydrogen) atoms. The van der Waals surface area contributed by atoms with Gasteiger partial charge in [0.2, 0.25) is 5.91 Å². The van der Waals surface area contributed by atoms with Crippen LogP contribution in [0.5, 0.6) is 0 Å². The maximum Gasteiger partial charge on any atom is 0.236 e. The Morgan fingerprint density at radius 3 is 2.39 bits per heavy atom. The Hall–Kier alpha value is -2.96. The van der Waals surface area contributed by atoms with Crippen molar-refractivity contribution in [1.82, 2.24) is 20.0 Å². The molecule has 0 bridgehead atoms. The van der Waals surface area contributed by atoms with Crippen LogP contribution in [-0.2, 0) is 16.1 Å². The summed E-state index contributed by atoms with van der Waals surface area (Å²) in [6.07, 6.45) is 2.03. The fourth-order valence-electron chi connectivity index (χ4n) is 3.32. The first-order chi connectivity index (χ1) is 13.8. The first-order valence-electron chi connectivity index (χ1n) is 9.57. The van der Waals surface area contributed by atoms with Gasteiger partial charge in [-0.2, -0.15) is 5.10 Å². The number of para-hydroxylation sites is 1. The molecule has 0 atom stereocenters. The summed E-state index contributed by atoms with van der Waals surface area (Å²) in [5.74, 6) is 0.111. The lowest BCUT2D eigenvalue weighted by atomic mass is 10.1. The zero-order valence-corrected chi connectivity index (χ0v) is 15.8. The standard InChI is InChI=1S/C22H24N4O2/c27-21(25-11-13-28-14-12-25)16-23-15-19-17-26(20-9-5-2-6-10-20)24-22(19)18-7-3-1-4-8-18/h1-10,17,23H,11-16H2. The molecule has 4 rings (SSSR count). The molecule has 0 spiro atoms. The summed E-state index contributed by atoms with van der Waals surface area (Å²) in [7, 11) is 0. The number of ether oxygens (including phenoxy) is 1. The molecule has 1 saturated heterocycles. The molecule has 6 heteroatoms. The second-order valence-corrected chi connectivity index (χ2v) is 6.75. The molecule has 1 aliphatic heterocycles. The van der Waals surface area contributed by atoms with Gasteiger partial charge in [-0.1, -0.05) is 48.5 Å². The smallest absolute Gasteiger partial charge is 0.236 e. The van der Waals surface area contributed by atoms with E-state index in [1.807, 2.05) is 64.3 Å². The normalized spacial score (nSPS) is 14.2. The first kappa shape index (κ1) is 18.4. The molecule has 1 amide bonds. The van der Waals surface area contributed by atoms with Crippen molar-refractivity contribution in [3.8, 4) is 16.9 Å². The molecule has 2 aromatic carbocycles. The van der Waals surface area contributed by atoms with E-state index in [9.17, 15) is 4.79 Å². The summed E-state index contributed by atoms with van der Waals surface area (Å²) in [6, 6.07) is 20.2. The number of carbonyl (C=O) groups excluding carboxylic acids is 1. The van der Waals surface area contributed by atoms with E-state index >= 15 is 0 Å². The van der Waals surface area contributed by atoms with Gasteiger partial charge >= 0.3 is 0 Å². The maximum absolute atomic E-state index is 12.4. The summed E-state index contributed by atoms with van der Waals surface area (Å²) >= 11 is 0. The van der Waals surface area contributed by atoms with Crippen molar-refractivity contribution in [3.63, 3.8) is 0 Å². The van der Waals surface area contributed by atoms with Crippen LogP contribution < -0.4 is 5.32 Å². The highest BCUT2D eigenvalue weighted by Gasteiger charge is 2.17. The van der Waals surface area contributed by atoms with Crippen LogP contribution in [-0.4, -0.2) is 53.4 Å². The third kappa shape index (κ3) is 4.30. The number of carbonyl (C=O) groups is 1. The number of nitrogens with zero attached hydrogens (tertiary/aromatic N) is 3. The van der Waals surface area contributed by atoms with Crippen LogP contribution in [0.3, 0.4) is 0 Å². The van der Waals surface area contributed by atoms with E-state index in [0.29, 0.717) is 39.4 Å². The van der Waals surface area contributed by atoms with Crippen molar-refractivity contribution in [3.05, 3.63) is 72.4 Å². The molecule has 0 radical (unpaired) electrons. The Labute approximate surface area is 164 Å². The Balaban J connectivity index is 1.50. The maximum atomic E-state index is 12.4. The molecule has 1 N–H and O–H groups in total. The SMILES string of the molecule is O=C(CNCc1cn(-c2ccccc2)nc1-c1ccccc1)N1CCOCC1. The molecule has 144 valence electrons. The second-order valence-electron chi connectivity index (χ2n) is 6.75. The molecule has 0 saturated carbocycles. The number of nitrogens with one attached hydrogen (secondary N) is 1. The Morgan fingerprint density at radius 2 is 1.68 bits per heavy atom. The van der Waals surface area contributed by atoms with Crippen molar-refractivity contribution in [2.75, 3.05) is 32.8 Å². The zero-order valence-electron chi connectivity index (χ0n) is 15.8. The van der Waals surface area contributed by atoms with Crippen LogP contribution in [0.25, 0.3) is 16.9 Å². The Morgan fingerprint density at radius 1 is 1.00 bits per heavy atom. The lowest BCUT2D eigenvalue weighted by Crippen LogP contribution is -2.44. The van der Waals surface area contributed by atoms with Gasteiger partial charge in [0, 0.05) is 37.0 Å². The second kappa shape index (κ2) is 8.82. The van der Waals surface area contributed by atoms with Gasteiger partial charge < -0.3 is 15.0 Å². The van der Waals surface area contributed by atoms with Crippen LogP contribution in [0.4, 0.5) is 0 Å². The zero-order chi connectivity index (χ0) is 19.2. The highest BCUT2D eigenvalue weighted by atomic mass is 16.5. The number of aromatic nitrogens is 2. The molecule has 2 heterocycles. The van der Waals surface area contributed by atoms with Crippen LogP contribution in [0.15, 0.2) is 66.9 Å². The number of morpholine rings is 1. The molecule has 6 nitrogen and oxygen atoms in total. The minimum absolute atomic E-state index is 0.111. The number of hydrogen-bond donors (Lipinski definition) is 1. The molecular formula is C22H24N4O2. The van der Waals surface area contributed by atoms with Crippen molar-refractivity contribution < 1.29 is 9.53 Å². The molecule has 1 aromatic heterocycles. The van der Waals surface area contributed by atoms with E-state index in [0.717, 1.165) is 22.5 Å². The minimum atomic E-state index is 0.111. The van der Waals surface area contributed by atoms with Gasteiger partial charge in [0.25, 0.3) is 0 Å².